The number of fused-ring (bicyclic) bond motifs is 3. The Balaban J connectivity index is 1.51. The van der Waals surface area contributed by atoms with Crippen LogP contribution in [-0.2, 0) is 6.42 Å². The average Bonchev–Trinajstić information content (AvgIpc) is 3.25. The molecule has 2 aliphatic heterocycles. The highest BCUT2D eigenvalue weighted by Gasteiger charge is 2.57. The second-order valence-corrected chi connectivity index (χ2v) is 10.3. The van der Waals surface area contributed by atoms with Crippen LogP contribution in [0.1, 0.15) is 57.2 Å². The molecule has 0 amide bonds. The van der Waals surface area contributed by atoms with Crippen molar-refractivity contribution in [1.29, 1.82) is 0 Å². The van der Waals surface area contributed by atoms with E-state index in [0.29, 0.717) is 17.9 Å². The minimum Gasteiger partial charge on any atom is -0.493 e. The molecule has 1 aliphatic carbocycles. The summed E-state index contributed by atoms with van der Waals surface area (Å²) in [5.74, 6) is -1.85. The number of methoxy groups -OCH3 is 1. The molecule has 4 unspecified atom stereocenters. The molecule has 3 aliphatic rings. The quantitative estimate of drug-likeness (QED) is 0.780. The van der Waals surface area contributed by atoms with Crippen LogP contribution in [0.25, 0.3) is 0 Å². The van der Waals surface area contributed by atoms with Gasteiger partial charge in [-0.05, 0) is 53.9 Å². The van der Waals surface area contributed by atoms with Crippen LogP contribution in [0.4, 0.5) is 8.78 Å². The maximum atomic E-state index is 13.2. The summed E-state index contributed by atoms with van der Waals surface area (Å²) in [6, 6.07) is 4.11. The molecule has 0 spiro atoms. The molecule has 29 heavy (non-hydrogen) atoms. The molecule has 4 rings (SSSR count). The van der Waals surface area contributed by atoms with Crippen molar-refractivity contribution in [2.45, 2.75) is 64.5 Å². The summed E-state index contributed by atoms with van der Waals surface area (Å²) in [6.07, 6.45) is 2.20. The summed E-state index contributed by atoms with van der Waals surface area (Å²) in [5.41, 5.74) is 2.54. The van der Waals surface area contributed by atoms with Crippen molar-refractivity contribution < 1.29 is 23.4 Å². The van der Waals surface area contributed by atoms with Gasteiger partial charge in [-0.2, -0.15) is 0 Å². The van der Waals surface area contributed by atoms with Gasteiger partial charge in [-0.15, -0.1) is 0 Å². The molecule has 4 atom stereocenters. The summed E-state index contributed by atoms with van der Waals surface area (Å²) < 4.78 is 37.6. The Labute approximate surface area is 172 Å². The van der Waals surface area contributed by atoms with Crippen molar-refractivity contribution in [3.05, 3.63) is 23.3 Å². The molecule has 162 valence electrons. The zero-order chi connectivity index (χ0) is 21.0. The van der Waals surface area contributed by atoms with Gasteiger partial charge in [-0.1, -0.05) is 20.8 Å². The predicted octanol–water partition coefficient (Wildman–Crippen LogP) is 4.45. The SMILES string of the molecule is COc1cc2c(cc1OCC1CC1(F)F)CCN1CC(CC(C)(C)C)C(O)CC21. The van der Waals surface area contributed by atoms with E-state index < -0.39 is 11.8 Å². The molecule has 1 aromatic rings. The summed E-state index contributed by atoms with van der Waals surface area (Å²) in [4.78, 5) is 2.48. The molecule has 1 saturated carbocycles. The number of ether oxygens (including phenoxy) is 2. The minimum absolute atomic E-state index is 0.0187. The molecule has 1 N–H and O–H groups in total. The zero-order valence-corrected chi connectivity index (χ0v) is 17.9. The van der Waals surface area contributed by atoms with E-state index in [9.17, 15) is 13.9 Å². The molecule has 1 saturated heterocycles. The van der Waals surface area contributed by atoms with Gasteiger partial charge in [-0.3, -0.25) is 4.90 Å². The first-order chi connectivity index (χ1) is 13.6. The first-order valence-electron chi connectivity index (χ1n) is 10.7. The lowest BCUT2D eigenvalue weighted by atomic mass is 9.75. The lowest BCUT2D eigenvalue weighted by Crippen LogP contribution is -2.48. The summed E-state index contributed by atoms with van der Waals surface area (Å²) in [6.45, 7) is 8.53. The number of halogens is 2. The van der Waals surface area contributed by atoms with E-state index in [2.05, 4.69) is 25.7 Å². The fourth-order valence-corrected chi connectivity index (χ4v) is 5.00. The van der Waals surface area contributed by atoms with Gasteiger partial charge in [0, 0.05) is 25.6 Å². The summed E-state index contributed by atoms with van der Waals surface area (Å²) >= 11 is 0. The molecule has 1 aromatic carbocycles. The molecule has 0 aromatic heterocycles. The van der Waals surface area contributed by atoms with Crippen LogP contribution in [0, 0.1) is 17.3 Å². The number of rotatable bonds is 5. The van der Waals surface area contributed by atoms with Crippen molar-refractivity contribution >= 4 is 0 Å². The fraction of sp³-hybridized carbons (Fsp3) is 0.739. The maximum Gasteiger partial charge on any atom is 0.255 e. The monoisotopic (exact) mass is 409 g/mol. The Kier molecular flexibility index (Phi) is 5.31. The third kappa shape index (κ3) is 4.38. The Bertz CT molecular complexity index is 761. The second-order valence-electron chi connectivity index (χ2n) is 10.3. The largest absolute Gasteiger partial charge is 0.493 e. The number of piperidine rings is 1. The van der Waals surface area contributed by atoms with Crippen LogP contribution in [0.5, 0.6) is 11.5 Å². The van der Waals surface area contributed by atoms with Crippen molar-refractivity contribution in [1.82, 2.24) is 4.90 Å². The fourth-order valence-electron chi connectivity index (χ4n) is 5.00. The highest BCUT2D eigenvalue weighted by molar-refractivity contribution is 5.49. The zero-order valence-electron chi connectivity index (χ0n) is 17.9. The van der Waals surface area contributed by atoms with Crippen LogP contribution in [-0.4, -0.2) is 48.8 Å². The Morgan fingerprint density at radius 2 is 1.97 bits per heavy atom. The van der Waals surface area contributed by atoms with Crippen LogP contribution in [0.15, 0.2) is 12.1 Å². The third-order valence-electron chi connectivity index (χ3n) is 6.64. The van der Waals surface area contributed by atoms with E-state index >= 15 is 0 Å². The highest BCUT2D eigenvalue weighted by atomic mass is 19.3. The first kappa shape index (κ1) is 20.9. The van der Waals surface area contributed by atoms with E-state index in [1.807, 2.05) is 12.1 Å². The van der Waals surface area contributed by atoms with Gasteiger partial charge in [0.05, 0.1) is 25.7 Å². The van der Waals surface area contributed by atoms with E-state index in [1.54, 1.807) is 7.11 Å². The molecular weight excluding hydrogens is 376 g/mol. The average molecular weight is 410 g/mol. The minimum atomic E-state index is -2.58. The van der Waals surface area contributed by atoms with Crippen LogP contribution >= 0.6 is 0 Å². The number of benzene rings is 1. The molecule has 4 nitrogen and oxygen atoms in total. The van der Waals surface area contributed by atoms with Crippen molar-refractivity contribution in [2.24, 2.45) is 17.3 Å². The van der Waals surface area contributed by atoms with Gasteiger partial charge >= 0.3 is 0 Å². The first-order valence-corrected chi connectivity index (χ1v) is 10.7. The predicted molar refractivity (Wildman–Crippen MR) is 108 cm³/mol. The van der Waals surface area contributed by atoms with Gasteiger partial charge in [0.2, 0.25) is 0 Å². The smallest absolute Gasteiger partial charge is 0.255 e. The Morgan fingerprint density at radius 3 is 2.59 bits per heavy atom. The van der Waals surface area contributed by atoms with Gasteiger partial charge < -0.3 is 14.6 Å². The van der Waals surface area contributed by atoms with Gasteiger partial charge in [0.25, 0.3) is 5.92 Å². The summed E-state index contributed by atoms with van der Waals surface area (Å²) in [7, 11) is 1.58. The van der Waals surface area contributed by atoms with Crippen LogP contribution in [0.2, 0.25) is 0 Å². The maximum absolute atomic E-state index is 13.2. The topological polar surface area (TPSA) is 41.9 Å². The van der Waals surface area contributed by atoms with E-state index in [1.165, 1.54) is 11.1 Å². The van der Waals surface area contributed by atoms with Crippen LogP contribution < -0.4 is 9.47 Å². The number of aliphatic hydroxyl groups excluding tert-OH is 1. The lowest BCUT2D eigenvalue weighted by molar-refractivity contribution is -0.0259. The number of alkyl halides is 2. The van der Waals surface area contributed by atoms with Gasteiger partial charge in [0.1, 0.15) is 0 Å². The van der Waals surface area contributed by atoms with Gasteiger partial charge in [0.15, 0.2) is 11.5 Å². The van der Waals surface area contributed by atoms with Crippen molar-refractivity contribution in [2.75, 3.05) is 26.8 Å². The molecule has 2 fully saturated rings. The third-order valence-corrected chi connectivity index (χ3v) is 6.64. The van der Waals surface area contributed by atoms with Crippen LogP contribution in [0.3, 0.4) is 0 Å². The van der Waals surface area contributed by atoms with Gasteiger partial charge in [-0.25, -0.2) is 8.78 Å². The normalized spacial score (nSPS) is 31.0. The molecule has 0 bridgehead atoms. The Hall–Kier alpha value is -1.40. The summed E-state index contributed by atoms with van der Waals surface area (Å²) in [5, 5.41) is 10.8. The Morgan fingerprint density at radius 1 is 1.24 bits per heavy atom. The van der Waals surface area contributed by atoms with E-state index in [0.717, 1.165) is 25.9 Å². The molecular formula is C23H33F2NO3. The number of hydrogen-bond acceptors (Lipinski definition) is 4. The standard InChI is InChI=1S/C23H33F2NO3/c1-22(2,3)10-15-12-26-6-5-14-7-21(29-13-16-11-23(16,24)25)20(28-4)8-17(14)18(26)9-19(15)27/h7-8,15-16,18-19,27H,5-6,9-13H2,1-4H3. The molecule has 0 radical (unpaired) electrons. The second kappa shape index (κ2) is 7.38. The van der Waals surface area contributed by atoms with Crippen molar-refractivity contribution in [3.63, 3.8) is 0 Å². The lowest BCUT2D eigenvalue weighted by Gasteiger charge is -2.47. The molecule has 6 heteroatoms. The number of hydrogen-bond donors (Lipinski definition) is 1. The van der Waals surface area contributed by atoms with E-state index in [-0.39, 0.29) is 36.5 Å². The van der Waals surface area contributed by atoms with E-state index in [4.69, 9.17) is 9.47 Å². The number of aliphatic hydroxyl groups is 1. The van der Waals surface area contributed by atoms with Crippen molar-refractivity contribution in [3.8, 4) is 11.5 Å². The molecule has 2 heterocycles. The highest BCUT2D eigenvalue weighted by Crippen LogP contribution is 2.49. The number of nitrogens with zero attached hydrogens (tertiary/aromatic N) is 1.